The van der Waals surface area contributed by atoms with Gasteiger partial charge >= 0.3 is 5.97 Å². The lowest BCUT2D eigenvalue weighted by atomic mass is 9.86. The van der Waals surface area contributed by atoms with Crippen LogP contribution in [0.3, 0.4) is 0 Å². The largest absolute Gasteiger partial charge is 0.469 e. The van der Waals surface area contributed by atoms with Crippen LogP contribution >= 0.6 is 0 Å². The summed E-state index contributed by atoms with van der Waals surface area (Å²) in [5.74, 6) is 0.0995. The van der Waals surface area contributed by atoms with Gasteiger partial charge in [0.15, 0.2) is 6.29 Å². The molecule has 1 N–H and O–H groups in total. The van der Waals surface area contributed by atoms with Gasteiger partial charge in [0.25, 0.3) is 6.48 Å². The summed E-state index contributed by atoms with van der Waals surface area (Å²) in [7, 11) is 1.33. The summed E-state index contributed by atoms with van der Waals surface area (Å²) in [5.41, 5.74) is -0.834. The van der Waals surface area contributed by atoms with E-state index >= 15 is 0 Å². The van der Waals surface area contributed by atoms with Gasteiger partial charge in [0.2, 0.25) is 0 Å². The van der Waals surface area contributed by atoms with Crippen molar-refractivity contribution in [3.05, 3.63) is 0 Å². The van der Waals surface area contributed by atoms with E-state index in [1.54, 1.807) is 0 Å². The standard InChI is InChI=1S/C12H20O6/c1-7(2)4-5-12(6-8(13)15-3)9-10(16-9)17-11(14)18-12/h7,9-11,14H,4-6H2,1-3H3. The van der Waals surface area contributed by atoms with Gasteiger partial charge in [0.05, 0.1) is 13.5 Å². The van der Waals surface area contributed by atoms with E-state index in [2.05, 4.69) is 18.6 Å². The molecule has 6 nitrogen and oxygen atoms in total. The zero-order chi connectivity index (χ0) is 13.3. The van der Waals surface area contributed by atoms with Crippen molar-refractivity contribution in [3.8, 4) is 0 Å². The maximum atomic E-state index is 11.5. The zero-order valence-corrected chi connectivity index (χ0v) is 10.9. The Bertz CT molecular complexity index is 318. The van der Waals surface area contributed by atoms with Gasteiger partial charge in [-0.15, -0.1) is 0 Å². The van der Waals surface area contributed by atoms with Crippen molar-refractivity contribution in [2.75, 3.05) is 7.11 Å². The molecule has 0 aromatic rings. The summed E-state index contributed by atoms with van der Waals surface area (Å²) in [6, 6.07) is 0. The number of carbonyl (C=O) groups excluding carboxylic acids is 1. The van der Waals surface area contributed by atoms with Crippen LogP contribution in [0.2, 0.25) is 0 Å². The maximum Gasteiger partial charge on any atom is 0.308 e. The summed E-state index contributed by atoms with van der Waals surface area (Å²) in [6.45, 7) is 2.84. The minimum absolute atomic E-state index is 0.0673. The van der Waals surface area contributed by atoms with Gasteiger partial charge in [-0.25, -0.2) is 0 Å². The predicted molar refractivity (Wildman–Crippen MR) is 60.3 cm³/mol. The minimum Gasteiger partial charge on any atom is -0.469 e. The van der Waals surface area contributed by atoms with E-state index < -0.39 is 18.4 Å². The molecule has 0 radical (unpaired) electrons. The fourth-order valence-corrected chi connectivity index (χ4v) is 2.27. The highest BCUT2D eigenvalue weighted by Crippen LogP contribution is 2.46. The third-order valence-electron chi connectivity index (χ3n) is 3.37. The Morgan fingerprint density at radius 1 is 1.44 bits per heavy atom. The minimum atomic E-state index is -1.34. The summed E-state index contributed by atoms with van der Waals surface area (Å²) >= 11 is 0. The lowest BCUT2D eigenvalue weighted by Crippen LogP contribution is -2.49. The first-order valence-corrected chi connectivity index (χ1v) is 6.20. The van der Waals surface area contributed by atoms with Gasteiger partial charge in [0, 0.05) is 0 Å². The Balaban J connectivity index is 2.08. The molecule has 4 atom stereocenters. The number of epoxide rings is 1. The van der Waals surface area contributed by atoms with Crippen molar-refractivity contribution >= 4 is 5.97 Å². The topological polar surface area (TPSA) is 77.5 Å². The van der Waals surface area contributed by atoms with E-state index in [1.807, 2.05) is 0 Å². The van der Waals surface area contributed by atoms with E-state index in [0.29, 0.717) is 12.3 Å². The quantitative estimate of drug-likeness (QED) is 0.581. The average molecular weight is 260 g/mol. The third-order valence-corrected chi connectivity index (χ3v) is 3.37. The Labute approximate surface area is 106 Å². The molecule has 2 aliphatic rings. The van der Waals surface area contributed by atoms with E-state index in [9.17, 15) is 9.90 Å². The molecular weight excluding hydrogens is 240 g/mol. The Morgan fingerprint density at radius 3 is 2.78 bits per heavy atom. The van der Waals surface area contributed by atoms with E-state index in [-0.39, 0.29) is 18.5 Å². The maximum absolute atomic E-state index is 11.5. The van der Waals surface area contributed by atoms with Crippen LogP contribution < -0.4 is 0 Å². The van der Waals surface area contributed by atoms with Gasteiger partial charge in [-0.05, 0) is 18.8 Å². The summed E-state index contributed by atoms with van der Waals surface area (Å²) in [4.78, 5) is 11.5. The normalized spacial score (nSPS) is 38.4. The van der Waals surface area contributed by atoms with Gasteiger partial charge in [-0.1, -0.05) is 13.8 Å². The number of hydrogen-bond acceptors (Lipinski definition) is 6. The zero-order valence-electron chi connectivity index (χ0n) is 10.9. The molecule has 2 heterocycles. The highest BCUT2D eigenvalue weighted by Gasteiger charge is 2.62. The summed E-state index contributed by atoms with van der Waals surface area (Å²) in [6.07, 6.45) is 0.805. The second-order valence-corrected chi connectivity index (χ2v) is 5.24. The molecule has 2 aliphatic heterocycles. The second-order valence-electron chi connectivity index (χ2n) is 5.24. The molecule has 0 saturated carbocycles. The van der Waals surface area contributed by atoms with Crippen LogP contribution in [0.15, 0.2) is 0 Å². The predicted octanol–water partition coefficient (Wildman–Crippen LogP) is 0.772. The molecule has 18 heavy (non-hydrogen) atoms. The number of aliphatic hydroxyl groups excluding tert-OH is 1. The van der Waals surface area contributed by atoms with Crippen molar-refractivity contribution in [1.29, 1.82) is 0 Å². The van der Waals surface area contributed by atoms with E-state index in [0.717, 1.165) is 6.42 Å². The molecule has 0 amide bonds. The number of fused-ring (bicyclic) bond motifs is 1. The number of ether oxygens (including phenoxy) is 4. The molecule has 6 heteroatoms. The van der Waals surface area contributed by atoms with Crippen molar-refractivity contribution in [1.82, 2.24) is 0 Å². The number of carbonyl (C=O) groups is 1. The second kappa shape index (κ2) is 5.13. The Morgan fingerprint density at radius 2 is 2.17 bits per heavy atom. The number of rotatable bonds is 5. The fraction of sp³-hybridized carbons (Fsp3) is 0.917. The van der Waals surface area contributed by atoms with Crippen molar-refractivity contribution in [2.24, 2.45) is 5.92 Å². The lowest BCUT2D eigenvalue weighted by molar-refractivity contribution is -0.339. The van der Waals surface area contributed by atoms with Crippen molar-refractivity contribution in [3.63, 3.8) is 0 Å². The molecule has 0 bridgehead atoms. The third kappa shape index (κ3) is 2.83. The molecule has 0 aromatic carbocycles. The molecule has 2 saturated heterocycles. The Kier molecular flexibility index (Phi) is 3.91. The lowest BCUT2D eigenvalue weighted by Gasteiger charge is -2.36. The number of esters is 1. The van der Waals surface area contributed by atoms with Crippen LogP contribution in [0.1, 0.15) is 33.1 Å². The molecule has 2 rings (SSSR count). The highest BCUT2D eigenvalue weighted by atomic mass is 16.9. The van der Waals surface area contributed by atoms with Crippen LogP contribution in [0.25, 0.3) is 0 Å². The fourth-order valence-electron chi connectivity index (χ4n) is 2.27. The van der Waals surface area contributed by atoms with Gasteiger partial charge in [-0.2, -0.15) is 0 Å². The van der Waals surface area contributed by atoms with Crippen LogP contribution in [-0.2, 0) is 23.7 Å². The first-order valence-electron chi connectivity index (χ1n) is 6.20. The van der Waals surface area contributed by atoms with Crippen LogP contribution in [0.4, 0.5) is 0 Å². The molecular formula is C12H20O6. The van der Waals surface area contributed by atoms with Crippen molar-refractivity contribution < 1.29 is 28.8 Å². The molecule has 0 aromatic heterocycles. The van der Waals surface area contributed by atoms with Crippen molar-refractivity contribution in [2.45, 2.75) is 57.6 Å². The smallest absolute Gasteiger partial charge is 0.308 e. The van der Waals surface area contributed by atoms with E-state index in [1.165, 1.54) is 7.11 Å². The number of aliphatic hydroxyl groups is 1. The molecule has 4 unspecified atom stereocenters. The van der Waals surface area contributed by atoms with Gasteiger partial charge < -0.3 is 19.3 Å². The Hall–Kier alpha value is -0.690. The monoisotopic (exact) mass is 260 g/mol. The van der Waals surface area contributed by atoms with Crippen LogP contribution in [-0.4, -0.2) is 42.7 Å². The van der Waals surface area contributed by atoms with Gasteiger partial charge in [-0.3, -0.25) is 9.53 Å². The summed E-state index contributed by atoms with van der Waals surface area (Å²) in [5, 5.41) is 9.52. The highest BCUT2D eigenvalue weighted by molar-refractivity contribution is 5.70. The van der Waals surface area contributed by atoms with Crippen LogP contribution in [0.5, 0.6) is 0 Å². The number of hydrogen-bond donors (Lipinski definition) is 1. The molecule has 0 aliphatic carbocycles. The molecule has 0 spiro atoms. The first kappa shape index (κ1) is 13.7. The molecule has 104 valence electrons. The molecule has 2 fully saturated rings. The number of methoxy groups -OCH3 is 1. The van der Waals surface area contributed by atoms with E-state index in [4.69, 9.17) is 14.2 Å². The van der Waals surface area contributed by atoms with Crippen LogP contribution in [0, 0.1) is 5.92 Å². The first-order chi connectivity index (χ1) is 8.47. The SMILES string of the molecule is COC(=O)CC1(CCC(C)C)OC(O)OC2OC21. The summed E-state index contributed by atoms with van der Waals surface area (Å²) < 4.78 is 20.5. The average Bonchev–Trinajstić information content (AvgIpc) is 3.05. The van der Waals surface area contributed by atoms with Gasteiger partial charge in [0.1, 0.15) is 11.7 Å².